The highest BCUT2D eigenvalue weighted by molar-refractivity contribution is 5.69. The maximum atomic E-state index is 10.9. The van der Waals surface area contributed by atoms with E-state index < -0.39 is 6.10 Å². The standard InChI is InChI=1S/C12H16O3/c1-15-12(14)9-11(13)8-7-10-5-3-2-4-6-10/h2-6,11,13H,7-9H2,1H3/t11-/m1/s1. The van der Waals surface area contributed by atoms with Gasteiger partial charge >= 0.3 is 5.97 Å². The number of methoxy groups -OCH3 is 1. The van der Waals surface area contributed by atoms with Crippen molar-refractivity contribution in [2.24, 2.45) is 0 Å². The van der Waals surface area contributed by atoms with E-state index in [0.717, 1.165) is 6.42 Å². The summed E-state index contributed by atoms with van der Waals surface area (Å²) in [5.74, 6) is -0.365. The van der Waals surface area contributed by atoms with Crippen molar-refractivity contribution in [1.82, 2.24) is 0 Å². The van der Waals surface area contributed by atoms with Crippen molar-refractivity contribution < 1.29 is 14.6 Å². The van der Waals surface area contributed by atoms with Crippen molar-refractivity contribution >= 4 is 5.97 Å². The Morgan fingerprint density at radius 1 is 1.40 bits per heavy atom. The summed E-state index contributed by atoms with van der Waals surface area (Å²) >= 11 is 0. The van der Waals surface area contributed by atoms with Gasteiger partial charge in [0, 0.05) is 0 Å². The molecular formula is C12H16O3. The molecule has 0 unspecified atom stereocenters. The first-order valence-corrected chi connectivity index (χ1v) is 5.01. The minimum absolute atomic E-state index is 0.0728. The Morgan fingerprint density at radius 2 is 2.07 bits per heavy atom. The van der Waals surface area contributed by atoms with E-state index in [4.69, 9.17) is 0 Å². The Morgan fingerprint density at radius 3 is 2.67 bits per heavy atom. The molecule has 0 aliphatic carbocycles. The van der Waals surface area contributed by atoms with Crippen LogP contribution < -0.4 is 0 Å². The second kappa shape index (κ2) is 6.19. The Hall–Kier alpha value is -1.35. The molecule has 15 heavy (non-hydrogen) atoms. The van der Waals surface area contributed by atoms with E-state index in [1.54, 1.807) is 0 Å². The smallest absolute Gasteiger partial charge is 0.308 e. The molecule has 3 heteroatoms. The number of esters is 1. The summed E-state index contributed by atoms with van der Waals surface area (Å²) in [6, 6.07) is 9.88. The first-order valence-electron chi connectivity index (χ1n) is 5.01. The van der Waals surface area contributed by atoms with Crippen molar-refractivity contribution in [2.45, 2.75) is 25.4 Å². The van der Waals surface area contributed by atoms with Gasteiger partial charge in [-0.3, -0.25) is 4.79 Å². The van der Waals surface area contributed by atoms with Crippen molar-refractivity contribution in [3.05, 3.63) is 35.9 Å². The first kappa shape index (κ1) is 11.7. The summed E-state index contributed by atoms with van der Waals surface area (Å²) in [6.45, 7) is 0. The maximum Gasteiger partial charge on any atom is 0.308 e. The van der Waals surface area contributed by atoms with Crippen LogP contribution >= 0.6 is 0 Å². The molecule has 0 saturated heterocycles. The Bertz CT molecular complexity index is 295. The minimum atomic E-state index is -0.613. The number of benzene rings is 1. The van der Waals surface area contributed by atoms with Crippen LogP contribution in [0.4, 0.5) is 0 Å². The van der Waals surface area contributed by atoms with Gasteiger partial charge in [-0.2, -0.15) is 0 Å². The van der Waals surface area contributed by atoms with Gasteiger partial charge in [0.05, 0.1) is 19.6 Å². The molecule has 0 amide bonds. The van der Waals surface area contributed by atoms with E-state index in [9.17, 15) is 9.90 Å². The lowest BCUT2D eigenvalue weighted by atomic mass is 10.1. The lowest BCUT2D eigenvalue weighted by molar-refractivity contribution is -0.142. The predicted octanol–water partition coefficient (Wildman–Crippen LogP) is 1.54. The molecule has 82 valence electrons. The van der Waals surface area contributed by atoms with Gasteiger partial charge in [-0.15, -0.1) is 0 Å². The molecule has 0 heterocycles. The number of aliphatic hydroxyl groups is 1. The summed E-state index contributed by atoms with van der Waals surface area (Å²) in [7, 11) is 1.33. The topological polar surface area (TPSA) is 46.5 Å². The van der Waals surface area contributed by atoms with Crippen LogP contribution in [-0.2, 0) is 16.0 Å². The average molecular weight is 208 g/mol. The molecular weight excluding hydrogens is 192 g/mol. The van der Waals surface area contributed by atoms with Crippen LogP contribution in [0.2, 0.25) is 0 Å². The van der Waals surface area contributed by atoms with Crippen LogP contribution in [0.5, 0.6) is 0 Å². The van der Waals surface area contributed by atoms with Crippen molar-refractivity contribution in [2.75, 3.05) is 7.11 Å². The van der Waals surface area contributed by atoms with Crippen LogP contribution in [0.1, 0.15) is 18.4 Å². The normalized spacial score (nSPS) is 12.1. The fourth-order valence-corrected chi connectivity index (χ4v) is 1.36. The summed E-state index contributed by atoms with van der Waals surface area (Å²) < 4.78 is 4.47. The van der Waals surface area contributed by atoms with Gasteiger partial charge in [0.15, 0.2) is 0 Å². The van der Waals surface area contributed by atoms with Crippen molar-refractivity contribution in [3.8, 4) is 0 Å². The molecule has 3 nitrogen and oxygen atoms in total. The summed E-state index contributed by atoms with van der Waals surface area (Å²) in [5, 5.41) is 9.51. The minimum Gasteiger partial charge on any atom is -0.469 e. The third-order valence-corrected chi connectivity index (χ3v) is 2.24. The molecule has 0 spiro atoms. The van der Waals surface area contributed by atoms with Crippen LogP contribution in [0.3, 0.4) is 0 Å². The monoisotopic (exact) mass is 208 g/mol. The molecule has 0 saturated carbocycles. The third kappa shape index (κ3) is 4.61. The number of ether oxygens (including phenoxy) is 1. The number of aryl methyl sites for hydroxylation is 1. The third-order valence-electron chi connectivity index (χ3n) is 2.24. The molecule has 0 aliphatic rings. The SMILES string of the molecule is COC(=O)C[C@H](O)CCc1ccccc1. The zero-order valence-electron chi connectivity index (χ0n) is 8.85. The van der Waals surface area contributed by atoms with Crippen LogP contribution in [0, 0.1) is 0 Å². The van der Waals surface area contributed by atoms with Gasteiger partial charge in [-0.05, 0) is 18.4 Å². The Kier molecular flexibility index (Phi) is 4.84. The number of hydrogen-bond donors (Lipinski definition) is 1. The molecule has 0 bridgehead atoms. The first-order chi connectivity index (χ1) is 7.22. The van der Waals surface area contributed by atoms with Crippen molar-refractivity contribution in [3.63, 3.8) is 0 Å². The second-order valence-corrected chi connectivity index (χ2v) is 3.46. The Balaban J connectivity index is 2.28. The lowest BCUT2D eigenvalue weighted by Crippen LogP contribution is -2.15. The van der Waals surface area contributed by atoms with Crippen molar-refractivity contribution in [1.29, 1.82) is 0 Å². The van der Waals surface area contributed by atoms with Gasteiger partial charge in [0.25, 0.3) is 0 Å². The number of hydrogen-bond acceptors (Lipinski definition) is 3. The Labute approximate surface area is 89.7 Å². The van der Waals surface area contributed by atoms with Crippen LogP contribution in [0.15, 0.2) is 30.3 Å². The molecule has 1 N–H and O–H groups in total. The van der Waals surface area contributed by atoms with E-state index in [0.29, 0.717) is 6.42 Å². The van der Waals surface area contributed by atoms with Gasteiger partial charge < -0.3 is 9.84 Å². The number of carbonyl (C=O) groups excluding carboxylic acids is 1. The maximum absolute atomic E-state index is 10.9. The highest BCUT2D eigenvalue weighted by Crippen LogP contribution is 2.07. The summed E-state index contributed by atoms with van der Waals surface area (Å²) in [5.41, 5.74) is 1.17. The number of rotatable bonds is 5. The molecule has 1 aromatic carbocycles. The molecule has 0 fully saturated rings. The van der Waals surface area contributed by atoms with Gasteiger partial charge in [0.2, 0.25) is 0 Å². The zero-order valence-corrected chi connectivity index (χ0v) is 8.85. The molecule has 1 aromatic rings. The molecule has 0 aromatic heterocycles. The van der Waals surface area contributed by atoms with E-state index in [1.165, 1.54) is 12.7 Å². The summed E-state index contributed by atoms with van der Waals surface area (Å²) in [6.07, 6.45) is 0.819. The lowest BCUT2D eigenvalue weighted by Gasteiger charge is -2.08. The number of aliphatic hydroxyl groups excluding tert-OH is 1. The number of carbonyl (C=O) groups is 1. The van der Waals surface area contributed by atoms with Crippen LogP contribution in [0.25, 0.3) is 0 Å². The van der Waals surface area contributed by atoms with E-state index in [1.807, 2.05) is 30.3 Å². The van der Waals surface area contributed by atoms with E-state index in [2.05, 4.69) is 4.74 Å². The highest BCUT2D eigenvalue weighted by atomic mass is 16.5. The van der Waals surface area contributed by atoms with Gasteiger partial charge in [-0.1, -0.05) is 30.3 Å². The largest absolute Gasteiger partial charge is 0.469 e. The second-order valence-electron chi connectivity index (χ2n) is 3.46. The van der Waals surface area contributed by atoms with E-state index in [-0.39, 0.29) is 12.4 Å². The van der Waals surface area contributed by atoms with Crippen LogP contribution in [-0.4, -0.2) is 24.3 Å². The molecule has 0 aliphatic heterocycles. The fraction of sp³-hybridized carbons (Fsp3) is 0.417. The fourth-order valence-electron chi connectivity index (χ4n) is 1.36. The summed E-state index contributed by atoms with van der Waals surface area (Å²) in [4.78, 5) is 10.9. The molecule has 1 atom stereocenters. The quantitative estimate of drug-likeness (QED) is 0.747. The van der Waals surface area contributed by atoms with Gasteiger partial charge in [-0.25, -0.2) is 0 Å². The molecule has 1 rings (SSSR count). The zero-order chi connectivity index (χ0) is 11.1. The predicted molar refractivity (Wildman–Crippen MR) is 57.4 cm³/mol. The average Bonchev–Trinajstić information content (AvgIpc) is 2.27. The van der Waals surface area contributed by atoms with Gasteiger partial charge in [0.1, 0.15) is 0 Å². The van der Waals surface area contributed by atoms with E-state index >= 15 is 0 Å². The molecule has 0 radical (unpaired) electrons. The highest BCUT2D eigenvalue weighted by Gasteiger charge is 2.10.